The van der Waals surface area contributed by atoms with Gasteiger partial charge >= 0.3 is 0 Å². The summed E-state index contributed by atoms with van der Waals surface area (Å²) in [6.45, 7) is 2.84. The maximum atomic E-state index is 4.83. The van der Waals surface area contributed by atoms with Gasteiger partial charge < -0.3 is 0 Å². The molecular weight excluding hydrogens is 214 g/mol. The smallest absolute Gasteiger partial charge is 0.236 e. The Labute approximate surface area is 100 Å². The fraction of sp³-hybridized carbons (Fsp3) is 0.417. The standard InChI is InChI=1S/C12H15N5/c1-3-12-13-11(10-7-5-4-6-8-10)9-17(12)15-14-16(12)2/h4-8H,3,9H2,1-2H3. The molecule has 2 aliphatic rings. The van der Waals surface area contributed by atoms with Gasteiger partial charge in [-0.25, -0.2) is 15.0 Å². The van der Waals surface area contributed by atoms with E-state index in [1.165, 1.54) is 5.56 Å². The lowest BCUT2D eigenvalue weighted by Crippen LogP contribution is -2.46. The van der Waals surface area contributed by atoms with E-state index in [0.717, 1.165) is 18.7 Å². The zero-order valence-corrected chi connectivity index (χ0v) is 10.0. The quantitative estimate of drug-likeness (QED) is 0.779. The lowest BCUT2D eigenvalue weighted by Gasteiger charge is -2.30. The highest BCUT2D eigenvalue weighted by Gasteiger charge is 2.48. The second kappa shape index (κ2) is 3.55. The van der Waals surface area contributed by atoms with Crippen LogP contribution in [-0.4, -0.2) is 35.1 Å². The Kier molecular flexibility index (Phi) is 2.14. The van der Waals surface area contributed by atoms with Crippen LogP contribution in [0.25, 0.3) is 0 Å². The van der Waals surface area contributed by atoms with E-state index in [0.29, 0.717) is 0 Å². The summed E-state index contributed by atoms with van der Waals surface area (Å²) in [5.74, 6) is -0.398. The molecule has 88 valence electrons. The molecule has 0 amide bonds. The number of rotatable bonds is 2. The fourth-order valence-corrected chi connectivity index (χ4v) is 2.38. The Balaban J connectivity index is 1.99. The monoisotopic (exact) mass is 229 g/mol. The highest BCUT2D eigenvalue weighted by molar-refractivity contribution is 6.03. The van der Waals surface area contributed by atoms with Crippen molar-refractivity contribution in [3.05, 3.63) is 35.9 Å². The van der Waals surface area contributed by atoms with E-state index in [4.69, 9.17) is 4.99 Å². The molecule has 1 atom stereocenters. The normalized spacial score (nSPS) is 26.4. The molecule has 3 rings (SSSR count). The molecule has 0 N–H and O–H groups in total. The molecule has 0 saturated carbocycles. The Hall–Kier alpha value is -1.91. The molecule has 17 heavy (non-hydrogen) atoms. The second-order valence-corrected chi connectivity index (χ2v) is 4.31. The largest absolute Gasteiger partial charge is 0.242 e. The average molecular weight is 229 g/mol. The summed E-state index contributed by atoms with van der Waals surface area (Å²) in [5, 5.41) is 12.0. The summed E-state index contributed by atoms with van der Waals surface area (Å²) in [5.41, 5.74) is 2.25. The van der Waals surface area contributed by atoms with Gasteiger partial charge in [-0.1, -0.05) is 37.3 Å². The van der Waals surface area contributed by atoms with Gasteiger partial charge in [-0.15, -0.1) is 0 Å². The summed E-state index contributed by atoms with van der Waals surface area (Å²) in [7, 11) is 1.92. The number of aliphatic imine (C=N–C) groups is 1. The first-order valence-electron chi connectivity index (χ1n) is 5.83. The number of benzene rings is 1. The molecule has 0 aromatic heterocycles. The third-order valence-corrected chi connectivity index (χ3v) is 3.41. The molecule has 1 aromatic rings. The van der Waals surface area contributed by atoms with Crippen molar-refractivity contribution in [3.8, 4) is 0 Å². The van der Waals surface area contributed by atoms with Crippen molar-refractivity contribution in [1.82, 2.24) is 10.0 Å². The van der Waals surface area contributed by atoms with Gasteiger partial charge in [0.25, 0.3) is 0 Å². The van der Waals surface area contributed by atoms with Gasteiger partial charge in [-0.2, -0.15) is 0 Å². The zero-order chi connectivity index (χ0) is 11.9. The van der Waals surface area contributed by atoms with E-state index in [1.54, 1.807) is 0 Å². The zero-order valence-electron chi connectivity index (χ0n) is 10.0. The fourth-order valence-electron chi connectivity index (χ4n) is 2.38. The van der Waals surface area contributed by atoms with Gasteiger partial charge in [0.15, 0.2) is 0 Å². The van der Waals surface area contributed by atoms with E-state index in [-0.39, 0.29) is 0 Å². The molecule has 0 fully saturated rings. The molecule has 1 aromatic carbocycles. The van der Waals surface area contributed by atoms with Gasteiger partial charge in [-0.3, -0.25) is 0 Å². The van der Waals surface area contributed by atoms with E-state index in [9.17, 15) is 0 Å². The highest BCUT2D eigenvalue weighted by Crippen LogP contribution is 2.36. The van der Waals surface area contributed by atoms with Crippen molar-refractivity contribution in [2.24, 2.45) is 15.4 Å². The molecule has 0 bridgehead atoms. The van der Waals surface area contributed by atoms with Crippen molar-refractivity contribution < 1.29 is 0 Å². The van der Waals surface area contributed by atoms with E-state index in [2.05, 4.69) is 29.5 Å². The van der Waals surface area contributed by atoms with Crippen molar-refractivity contribution >= 4 is 5.71 Å². The van der Waals surface area contributed by atoms with Gasteiger partial charge in [0.05, 0.1) is 12.3 Å². The third-order valence-electron chi connectivity index (χ3n) is 3.41. The number of hydrogen-bond donors (Lipinski definition) is 0. The molecule has 1 unspecified atom stereocenters. The molecule has 5 heteroatoms. The average Bonchev–Trinajstić information content (AvgIpc) is 2.89. The van der Waals surface area contributed by atoms with Crippen LogP contribution in [0.3, 0.4) is 0 Å². The molecule has 0 radical (unpaired) electrons. The first kappa shape index (κ1) is 10.3. The van der Waals surface area contributed by atoms with E-state index in [1.807, 2.05) is 35.3 Å². The van der Waals surface area contributed by atoms with Gasteiger partial charge in [0.1, 0.15) is 0 Å². The first-order valence-corrected chi connectivity index (χ1v) is 5.83. The summed E-state index contributed by atoms with van der Waals surface area (Å²) in [6.07, 6.45) is 0.868. The Morgan fingerprint density at radius 3 is 2.65 bits per heavy atom. The topological polar surface area (TPSA) is 43.6 Å². The summed E-state index contributed by atoms with van der Waals surface area (Å²) in [4.78, 5) is 4.83. The lowest BCUT2D eigenvalue weighted by molar-refractivity contribution is 0.0353. The van der Waals surface area contributed by atoms with Gasteiger partial charge in [-0.05, 0) is 16.0 Å². The van der Waals surface area contributed by atoms with Crippen LogP contribution in [0, 0.1) is 0 Å². The Morgan fingerprint density at radius 2 is 2.00 bits per heavy atom. The van der Waals surface area contributed by atoms with E-state index >= 15 is 0 Å². The molecule has 5 nitrogen and oxygen atoms in total. The van der Waals surface area contributed by atoms with Crippen molar-refractivity contribution in [3.63, 3.8) is 0 Å². The van der Waals surface area contributed by atoms with Crippen LogP contribution < -0.4 is 0 Å². The van der Waals surface area contributed by atoms with Crippen molar-refractivity contribution in [2.45, 2.75) is 19.1 Å². The summed E-state index contributed by atoms with van der Waals surface area (Å²) in [6, 6.07) is 10.3. The van der Waals surface area contributed by atoms with Crippen molar-refractivity contribution in [1.29, 1.82) is 0 Å². The minimum absolute atomic E-state index is 0.398. The third kappa shape index (κ3) is 1.35. The van der Waals surface area contributed by atoms with Gasteiger partial charge in [0.2, 0.25) is 5.79 Å². The van der Waals surface area contributed by atoms with Crippen LogP contribution in [0.1, 0.15) is 18.9 Å². The summed E-state index contributed by atoms with van der Waals surface area (Å²) < 4.78 is 0. The molecular formula is C12H15N5. The molecule has 2 aliphatic heterocycles. The molecule has 0 spiro atoms. The van der Waals surface area contributed by atoms with Crippen LogP contribution in [0.15, 0.2) is 45.8 Å². The summed E-state index contributed by atoms with van der Waals surface area (Å²) >= 11 is 0. The second-order valence-electron chi connectivity index (χ2n) is 4.31. The molecule has 0 aliphatic carbocycles. The van der Waals surface area contributed by atoms with Crippen molar-refractivity contribution in [2.75, 3.05) is 13.6 Å². The highest BCUT2D eigenvalue weighted by atomic mass is 15.9. The number of fused-ring (bicyclic) bond motifs is 1. The Morgan fingerprint density at radius 1 is 1.24 bits per heavy atom. The number of hydrogen-bond acceptors (Lipinski definition) is 5. The van der Waals surface area contributed by atoms with Crippen LogP contribution in [-0.2, 0) is 0 Å². The number of nitrogens with zero attached hydrogens (tertiary/aromatic N) is 5. The van der Waals surface area contributed by atoms with Crippen LogP contribution >= 0.6 is 0 Å². The van der Waals surface area contributed by atoms with Crippen LogP contribution in [0.5, 0.6) is 0 Å². The predicted octanol–water partition coefficient (Wildman–Crippen LogP) is 2.08. The minimum Gasteiger partial charge on any atom is -0.236 e. The SMILES string of the molecule is CCC12N=C(c3ccccc3)CN1N=NN2C. The van der Waals surface area contributed by atoms with Crippen LogP contribution in [0.2, 0.25) is 0 Å². The molecule has 2 heterocycles. The maximum absolute atomic E-state index is 4.83. The van der Waals surface area contributed by atoms with E-state index < -0.39 is 5.79 Å². The predicted molar refractivity (Wildman–Crippen MR) is 65.3 cm³/mol. The lowest BCUT2D eigenvalue weighted by atomic mass is 10.1. The van der Waals surface area contributed by atoms with Crippen LogP contribution in [0.4, 0.5) is 0 Å². The molecule has 0 saturated heterocycles. The first-order chi connectivity index (χ1) is 8.26. The maximum Gasteiger partial charge on any atom is 0.242 e. The Bertz CT molecular complexity index is 481. The minimum atomic E-state index is -0.398. The van der Waals surface area contributed by atoms with Gasteiger partial charge in [0, 0.05) is 13.5 Å².